The highest BCUT2D eigenvalue weighted by Crippen LogP contribution is 2.24. The average molecular weight is 282 g/mol. The van der Waals surface area contributed by atoms with Gasteiger partial charge in [0.05, 0.1) is 0 Å². The Kier molecular flexibility index (Phi) is 4.04. The first-order valence-electron chi connectivity index (χ1n) is 7.67. The first-order chi connectivity index (χ1) is 10.2. The van der Waals surface area contributed by atoms with Gasteiger partial charge in [-0.3, -0.25) is 0 Å². The number of fused-ring (bicyclic) bond motifs is 1. The van der Waals surface area contributed by atoms with Gasteiger partial charge in [-0.2, -0.15) is 4.98 Å². The van der Waals surface area contributed by atoms with Crippen molar-refractivity contribution in [3.63, 3.8) is 0 Å². The van der Waals surface area contributed by atoms with Crippen molar-refractivity contribution in [1.29, 1.82) is 0 Å². The smallest absolute Gasteiger partial charge is 0.224 e. The Morgan fingerprint density at radius 3 is 2.52 bits per heavy atom. The van der Waals surface area contributed by atoms with Gasteiger partial charge < -0.3 is 10.6 Å². The van der Waals surface area contributed by atoms with Gasteiger partial charge in [0.1, 0.15) is 5.82 Å². The maximum absolute atomic E-state index is 4.56. The second-order valence-corrected chi connectivity index (χ2v) is 5.66. The predicted molar refractivity (Wildman–Crippen MR) is 86.8 cm³/mol. The Bertz CT molecular complexity index is 599. The van der Waals surface area contributed by atoms with E-state index < -0.39 is 0 Å². The summed E-state index contributed by atoms with van der Waals surface area (Å²) < 4.78 is 0. The monoisotopic (exact) mass is 282 g/mol. The molecule has 110 valence electrons. The van der Waals surface area contributed by atoms with Crippen LogP contribution in [-0.4, -0.2) is 22.6 Å². The van der Waals surface area contributed by atoms with Crippen molar-refractivity contribution in [2.45, 2.75) is 39.2 Å². The molecule has 4 heteroatoms. The standard InChI is InChI=1S/C17H22N4/c1-3-8-18-17-19-12(2)9-16(21-17)20-15-10-13-6-4-5-7-14(13)11-15/h4-7,9,15H,3,8,10-11H2,1-2H3,(H2,18,19,20,21). The summed E-state index contributed by atoms with van der Waals surface area (Å²) in [5.74, 6) is 1.63. The molecule has 0 fully saturated rings. The third-order valence-electron chi connectivity index (χ3n) is 3.79. The SMILES string of the molecule is CCCNc1nc(C)cc(NC2Cc3ccccc3C2)n1. The summed E-state index contributed by atoms with van der Waals surface area (Å²) in [7, 11) is 0. The van der Waals surface area contributed by atoms with Gasteiger partial charge in [-0.1, -0.05) is 31.2 Å². The second-order valence-electron chi connectivity index (χ2n) is 5.66. The van der Waals surface area contributed by atoms with Crippen LogP contribution in [0.1, 0.15) is 30.2 Å². The van der Waals surface area contributed by atoms with E-state index in [1.165, 1.54) is 11.1 Å². The normalized spacial score (nSPS) is 14.0. The van der Waals surface area contributed by atoms with E-state index in [4.69, 9.17) is 0 Å². The van der Waals surface area contributed by atoms with Crippen molar-refractivity contribution in [1.82, 2.24) is 9.97 Å². The number of benzene rings is 1. The molecule has 0 bridgehead atoms. The number of anilines is 2. The summed E-state index contributed by atoms with van der Waals surface area (Å²) in [6.07, 6.45) is 3.20. The minimum atomic E-state index is 0.427. The van der Waals surface area contributed by atoms with Gasteiger partial charge in [-0.05, 0) is 37.3 Å². The van der Waals surface area contributed by atoms with Gasteiger partial charge in [0.15, 0.2) is 0 Å². The van der Waals surface area contributed by atoms with Gasteiger partial charge in [0.2, 0.25) is 5.95 Å². The number of nitrogens with zero attached hydrogens (tertiary/aromatic N) is 2. The maximum Gasteiger partial charge on any atom is 0.224 e. The molecule has 0 atom stereocenters. The van der Waals surface area contributed by atoms with Crippen LogP contribution in [0.3, 0.4) is 0 Å². The number of aryl methyl sites for hydroxylation is 1. The molecule has 1 aliphatic carbocycles. The van der Waals surface area contributed by atoms with Gasteiger partial charge in [-0.15, -0.1) is 0 Å². The first kappa shape index (κ1) is 13.9. The summed E-state index contributed by atoms with van der Waals surface area (Å²) >= 11 is 0. The summed E-state index contributed by atoms with van der Waals surface area (Å²) in [5, 5.41) is 6.81. The third-order valence-corrected chi connectivity index (χ3v) is 3.79. The summed E-state index contributed by atoms with van der Waals surface area (Å²) in [6.45, 7) is 5.04. The molecule has 0 saturated heterocycles. The van der Waals surface area contributed by atoms with E-state index in [1.807, 2.05) is 13.0 Å². The molecule has 0 saturated carbocycles. The van der Waals surface area contributed by atoms with Crippen molar-refractivity contribution in [2.24, 2.45) is 0 Å². The van der Waals surface area contributed by atoms with Gasteiger partial charge in [0.25, 0.3) is 0 Å². The highest BCUT2D eigenvalue weighted by molar-refractivity contribution is 5.45. The maximum atomic E-state index is 4.56. The molecule has 1 aliphatic rings. The van der Waals surface area contributed by atoms with Crippen LogP contribution in [0.15, 0.2) is 30.3 Å². The van der Waals surface area contributed by atoms with E-state index in [2.05, 4.69) is 51.8 Å². The largest absolute Gasteiger partial charge is 0.366 e. The lowest BCUT2D eigenvalue weighted by molar-refractivity contribution is 0.767. The van der Waals surface area contributed by atoms with Crippen LogP contribution in [0.2, 0.25) is 0 Å². The topological polar surface area (TPSA) is 49.8 Å². The van der Waals surface area contributed by atoms with Gasteiger partial charge in [-0.25, -0.2) is 4.98 Å². The van der Waals surface area contributed by atoms with Crippen LogP contribution in [0.5, 0.6) is 0 Å². The van der Waals surface area contributed by atoms with E-state index in [1.54, 1.807) is 0 Å². The Morgan fingerprint density at radius 2 is 1.86 bits per heavy atom. The minimum absolute atomic E-state index is 0.427. The number of nitrogens with one attached hydrogen (secondary N) is 2. The fraction of sp³-hybridized carbons (Fsp3) is 0.412. The third kappa shape index (κ3) is 3.32. The quantitative estimate of drug-likeness (QED) is 0.884. The van der Waals surface area contributed by atoms with Crippen LogP contribution in [0.25, 0.3) is 0 Å². The molecule has 1 aromatic carbocycles. The van der Waals surface area contributed by atoms with Gasteiger partial charge >= 0.3 is 0 Å². The fourth-order valence-electron chi connectivity index (χ4n) is 2.83. The molecule has 1 aromatic heterocycles. The molecule has 4 nitrogen and oxygen atoms in total. The minimum Gasteiger partial charge on any atom is -0.366 e. The van der Waals surface area contributed by atoms with Crippen LogP contribution in [0, 0.1) is 6.92 Å². The van der Waals surface area contributed by atoms with Crippen molar-refractivity contribution in [3.05, 3.63) is 47.2 Å². The molecule has 0 spiro atoms. The lowest BCUT2D eigenvalue weighted by Crippen LogP contribution is -2.21. The molecule has 0 radical (unpaired) electrons. The predicted octanol–water partition coefficient (Wildman–Crippen LogP) is 3.19. The van der Waals surface area contributed by atoms with Crippen LogP contribution in [-0.2, 0) is 12.8 Å². The Balaban J connectivity index is 1.70. The van der Waals surface area contributed by atoms with E-state index in [9.17, 15) is 0 Å². The lowest BCUT2D eigenvalue weighted by Gasteiger charge is -2.14. The molecule has 0 unspecified atom stereocenters. The average Bonchev–Trinajstić information content (AvgIpc) is 2.86. The van der Waals surface area contributed by atoms with E-state index >= 15 is 0 Å². The van der Waals surface area contributed by atoms with Crippen LogP contribution >= 0.6 is 0 Å². The summed E-state index contributed by atoms with van der Waals surface area (Å²) in [5.41, 5.74) is 3.89. The van der Waals surface area contributed by atoms with Crippen molar-refractivity contribution >= 4 is 11.8 Å². The second kappa shape index (κ2) is 6.12. The van der Waals surface area contributed by atoms with E-state index in [0.717, 1.165) is 43.3 Å². The molecule has 0 aliphatic heterocycles. The lowest BCUT2D eigenvalue weighted by atomic mass is 10.1. The number of hydrogen-bond donors (Lipinski definition) is 2. The number of aromatic nitrogens is 2. The molecule has 21 heavy (non-hydrogen) atoms. The molecule has 2 N–H and O–H groups in total. The Morgan fingerprint density at radius 1 is 1.14 bits per heavy atom. The van der Waals surface area contributed by atoms with E-state index in [-0.39, 0.29) is 0 Å². The zero-order valence-electron chi connectivity index (χ0n) is 12.7. The Hall–Kier alpha value is -2.10. The van der Waals surface area contributed by atoms with Crippen molar-refractivity contribution in [3.8, 4) is 0 Å². The summed E-state index contributed by atoms with van der Waals surface area (Å²) in [4.78, 5) is 8.99. The number of hydrogen-bond acceptors (Lipinski definition) is 4. The van der Waals surface area contributed by atoms with Crippen LogP contribution < -0.4 is 10.6 Å². The van der Waals surface area contributed by atoms with Crippen molar-refractivity contribution < 1.29 is 0 Å². The highest BCUT2D eigenvalue weighted by atomic mass is 15.1. The Labute approximate surface area is 126 Å². The molecular weight excluding hydrogens is 260 g/mol. The van der Waals surface area contributed by atoms with E-state index in [0.29, 0.717) is 6.04 Å². The van der Waals surface area contributed by atoms with Crippen molar-refractivity contribution in [2.75, 3.05) is 17.2 Å². The zero-order valence-corrected chi connectivity index (χ0v) is 12.7. The molecule has 1 heterocycles. The molecule has 3 rings (SSSR count). The molecular formula is C17H22N4. The highest BCUT2D eigenvalue weighted by Gasteiger charge is 2.21. The van der Waals surface area contributed by atoms with Gasteiger partial charge in [0, 0.05) is 24.3 Å². The number of rotatable bonds is 5. The summed E-state index contributed by atoms with van der Waals surface area (Å²) in [6, 6.07) is 11.1. The first-order valence-corrected chi connectivity index (χ1v) is 7.67. The molecule has 2 aromatic rings. The zero-order chi connectivity index (χ0) is 14.7. The van der Waals surface area contributed by atoms with Crippen LogP contribution in [0.4, 0.5) is 11.8 Å². The fourth-order valence-corrected chi connectivity index (χ4v) is 2.83. The molecule has 0 amide bonds.